The summed E-state index contributed by atoms with van der Waals surface area (Å²) in [6.07, 6.45) is 2.15. The molecule has 0 aliphatic rings. The van der Waals surface area contributed by atoms with Gasteiger partial charge in [0.15, 0.2) is 0 Å². The summed E-state index contributed by atoms with van der Waals surface area (Å²) in [6.45, 7) is 8.00. The fourth-order valence-corrected chi connectivity index (χ4v) is 0.608. The quantitative estimate of drug-likeness (QED) is 0.261. The van der Waals surface area contributed by atoms with Crippen LogP contribution in [0, 0.1) is 0 Å². The van der Waals surface area contributed by atoms with Crippen LogP contribution in [0.4, 0.5) is 0 Å². The molecular formula is C9H14O3. The van der Waals surface area contributed by atoms with Gasteiger partial charge in [0.05, 0.1) is 20.3 Å². The van der Waals surface area contributed by atoms with Gasteiger partial charge in [0.1, 0.15) is 0 Å². The van der Waals surface area contributed by atoms with Crippen LogP contribution in [0.15, 0.2) is 24.8 Å². The van der Waals surface area contributed by atoms with Crippen molar-refractivity contribution in [3.8, 4) is 0 Å². The van der Waals surface area contributed by atoms with Crippen LogP contribution in [0.1, 0.15) is 6.42 Å². The molecule has 0 bridgehead atoms. The Kier molecular flexibility index (Phi) is 6.01. The van der Waals surface area contributed by atoms with Crippen molar-refractivity contribution < 1.29 is 14.3 Å². The average Bonchev–Trinajstić information content (AvgIpc) is 2.10. The van der Waals surface area contributed by atoms with Crippen LogP contribution in [0.5, 0.6) is 0 Å². The molecule has 0 heterocycles. The van der Waals surface area contributed by atoms with Crippen LogP contribution in [0.25, 0.3) is 0 Å². The molecule has 3 heteroatoms. The second-order valence-electron chi connectivity index (χ2n) is 2.21. The van der Waals surface area contributed by atoms with E-state index in [1.165, 1.54) is 7.11 Å². The second-order valence-corrected chi connectivity index (χ2v) is 2.21. The Hall–Kier alpha value is -1.09. The van der Waals surface area contributed by atoms with Crippen molar-refractivity contribution in [2.75, 3.05) is 20.3 Å². The van der Waals surface area contributed by atoms with E-state index in [4.69, 9.17) is 4.74 Å². The number of hydrogen-bond acceptors (Lipinski definition) is 3. The number of ether oxygens (including phenoxy) is 2. The molecule has 0 unspecified atom stereocenters. The summed E-state index contributed by atoms with van der Waals surface area (Å²) < 4.78 is 9.52. The lowest BCUT2D eigenvalue weighted by Gasteiger charge is -2.02. The van der Waals surface area contributed by atoms with Crippen LogP contribution >= 0.6 is 0 Å². The Morgan fingerprint density at radius 1 is 1.58 bits per heavy atom. The van der Waals surface area contributed by atoms with Crippen molar-refractivity contribution in [1.29, 1.82) is 0 Å². The van der Waals surface area contributed by atoms with E-state index in [1.807, 2.05) is 0 Å². The van der Waals surface area contributed by atoms with Crippen molar-refractivity contribution in [3.05, 3.63) is 24.8 Å². The fraction of sp³-hybridized carbons (Fsp3) is 0.444. The highest BCUT2D eigenvalue weighted by Crippen LogP contribution is 2.00. The zero-order chi connectivity index (χ0) is 9.40. The van der Waals surface area contributed by atoms with E-state index in [0.717, 1.165) is 0 Å². The van der Waals surface area contributed by atoms with Gasteiger partial charge in [-0.1, -0.05) is 12.7 Å². The van der Waals surface area contributed by atoms with E-state index in [9.17, 15) is 4.79 Å². The number of hydrogen-bond donors (Lipinski definition) is 0. The van der Waals surface area contributed by atoms with Gasteiger partial charge in [-0.2, -0.15) is 0 Å². The number of carbonyl (C=O) groups excluding carboxylic acids is 1. The molecular weight excluding hydrogens is 156 g/mol. The van der Waals surface area contributed by atoms with Gasteiger partial charge in [0, 0.05) is 12.0 Å². The first kappa shape index (κ1) is 10.9. The molecule has 0 fully saturated rings. The van der Waals surface area contributed by atoms with Gasteiger partial charge < -0.3 is 9.47 Å². The molecule has 0 amide bonds. The summed E-state index contributed by atoms with van der Waals surface area (Å²) >= 11 is 0. The molecule has 0 spiro atoms. The van der Waals surface area contributed by atoms with Gasteiger partial charge in [0.25, 0.3) is 0 Å². The molecule has 0 aromatic carbocycles. The van der Waals surface area contributed by atoms with E-state index in [2.05, 4.69) is 17.9 Å². The molecule has 68 valence electrons. The Labute approximate surface area is 72.7 Å². The molecule has 0 atom stereocenters. The summed E-state index contributed by atoms with van der Waals surface area (Å²) in [4.78, 5) is 10.8. The Morgan fingerprint density at radius 3 is 2.75 bits per heavy atom. The van der Waals surface area contributed by atoms with Crippen LogP contribution < -0.4 is 0 Å². The van der Waals surface area contributed by atoms with Crippen molar-refractivity contribution in [2.45, 2.75) is 6.42 Å². The number of esters is 1. The van der Waals surface area contributed by atoms with Gasteiger partial charge in [0.2, 0.25) is 0 Å². The molecule has 0 saturated heterocycles. The predicted octanol–water partition coefficient (Wildman–Crippen LogP) is 1.31. The minimum Gasteiger partial charge on any atom is -0.466 e. The van der Waals surface area contributed by atoms with Crippen molar-refractivity contribution in [2.24, 2.45) is 0 Å². The molecule has 3 nitrogen and oxygen atoms in total. The van der Waals surface area contributed by atoms with Crippen molar-refractivity contribution in [3.63, 3.8) is 0 Å². The normalized spacial score (nSPS) is 9.08. The number of carbonyl (C=O) groups is 1. The first-order valence-corrected chi connectivity index (χ1v) is 3.67. The smallest absolute Gasteiger partial charge is 0.333 e. The first-order valence-electron chi connectivity index (χ1n) is 3.67. The molecule has 0 aromatic heterocycles. The zero-order valence-corrected chi connectivity index (χ0v) is 7.34. The van der Waals surface area contributed by atoms with Crippen molar-refractivity contribution >= 4 is 5.97 Å². The highest BCUT2D eigenvalue weighted by Gasteiger charge is 2.04. The fourth-order valence-electron chi connectivity index (χ4n) is 0.608. The van der Waals surface area contributed by atoms with Crippen LogP contribution in [-0.4, -0.2) is 26.3 Å². The summed E-state index contributed by atoms with van der Waals surface area (Å²) in [6, 6.07) is 0. The zero-order valence-electron chi connectivity index (χ0n) is 7.34. The van der Waals surface area contributed by atoms with Gasteiger partial charge in [-0.25, -0.2) is 4.79 Å². The van der Waals surface area contributed by atoms with E-state index < -0.39 is 0 Å². The lowest BCUT2D eigenvalue weighted by Crippen LogP contribution is -2.06. The summed E-state index contributed by atoms with van der Waals surface area (Å²) in [5.41, 5.74) is 0.432. The first-order chi connectivity index (χ1) is 5.72. The predicted molar refractivity (Wildman–Crippen MR) is 46.8 cm³/mol. The van der Waals surface area contributed by atoms with Crippen LogP contribution in [0.3, 0.4) is 0 Å². The molecule has 0 aromatic rings. The van der Waals surface area contributed by atoms with E-state index in [0.29, 0.717) is 25.2 Å². The maximum atomic E-state index is 10.8. The summed E-state index contributed by atoms with van der Waals surface area (Å²) in [5.74, 6) is -0.378. The third-order valence-corrected chi connectivity index (χ3v) is 1.26. The second kappa shape index (κ2) is 6.61. The third-order valence-electron chi connectivity index (χ3n) is 1.26. The molecule has 0 aliphatic heterocycles. The Bertz CT molecular complexity index is 173. The standard InChI is InChI=1S/C9H14O3/c1-4-6-12-7-5-8(2)9(10)11-3/h4H,1-2,5-7H2,3H3. The van der Waals surface area contributed by atoms with Crippen LogP contribution in [0.2, 0.25) is 0 Å². The molecule has 0 saturated carbocycles. The average molecular weight is 170 g/mol. The molecule has 0 rings (SSSR count). The largest absolute Gasteiger partial charge is 0.466 e. The van der Waals surface area contributed by atoms with Gasteiger partial charge in [-0.3, -0.25) is 0 Å². The van der Waals surface area contributed by atoms with Crippen molar-refractivity contribution in [1.82, 2.24) is 0 Å². The lowest BCUT2D eigenvalue weighted by atomic mass is 10.2. The topological polar surface area (TPSA) is 35.5 Å². The van der Waals surface area contributed by atoms with Gasteiger partial charge in [-0.15, -0.1) is 6.58 Å². The van der Waals surface area contributed by atoms with Crippen LogP contribution in [-0.2, 0) is 14.3 Å². The maximum Gasteiger partial charge on any atom is 0.333 e. The molecule has 0 radical (unpaired) electrons. The molecule has 0 N–H and O–H groups in total. The maximum absolute atomic E-state index is 10.8. The minimum absolute atomic E-state index is 0.378. The highest BCUT2D eigenvalue weighted by atomic mass is 16.5. The van der Waals surface area contributed by atoms with E-state index in [-0.39, 0.29) is 5.97 Å². The molecule has 12 heavy (non-hydrogen) atoms. The highest BCUT2D eigenvalue weighted by molar-refractivity contribution is 5.87. The number of methoxy groups -OCH3 is 1. The monoisotopic (exact) mass is 170 g/mol. The molecule has 0 aliphatic carbocycles. The Balaban J connectivity index is 3.44. The summed E-state index contributed by atoms with van der Waals surface area (Å²) in [5, 5.41) is 0. The van der Waals surface area contributed by atoms with Gasteiger partial charge >= 0.3 is 5.97 Å². The Morgan fingerprint density at radius 2 is 2.25 bits per heavy atom. The lowest BCUT2D eigenvalue weighted by molar-refractivity contribution is -0.136. The third kappa shape index (κ3) is 4.68. The van der Waals surface area contributed by atoms with E-state index in [1.54, 1.807) is 6.08 Å². The van der Waals surface area contributed by atoms with Gasteiger partial charge in [-0.05, 0) is 0 Å². The SMILES string of the molecule is C=CCOCCC(=C)C(=O)OC. The summed E-state index contributed by atoms with van der Waals surface area (Å²) in [7, 11) is 1.33. The van der Waals surface area contributed by atoms with E-state index >= 15 is 0 Å². The number of rotatable bonds is 6. The minimum atomic E-state index is -0.378.